The number of aromatic nitrogens is 3. The van der Waals surface area contributed by atoms with E-state index in [1.807, 2.05) is 47.4 Å². The first-order valence-electron chi connectivity index (χ1n) is 11.1. The lowest BCUT2D eigenvalue weighted by Gasteiger charge is -2.36. The zero-order valence-corrected chi connectivity index (χ0v) is 19.1. The van der Waals surface area contributed by atoms with Crippen molar-refractivity contribution in [1.82, 2.24) is 19.9 Å². The molecular weight excluding hydrogens is 430 g/mol. The van der Waals surface area contributed by atoms with Crippen molar-refractivity contribution >= 4 is 22.6 Å². The van der Waals surface area contributed by atoms with Crippen LogP contribution in [0.2, 0.25) is 0 Å². The highest BCUT2D eigenvalue weighted by Gasteiger charge is 2.25. The minimum absolute atomic E-state index is 0.00308. The van der Waals surface area contributed by atoms with Gasteiger partial charge in [-0.3, -0.25) is 9.78 Å². The fourth-order valence-corrected chi connectivity index (χ4v) is 4.19. The number of ether oxygens (including phenoxy) is 2. The quantitative estimate of drug-likeness (QED) is 0.454. The van der Waals surface area contributed by atoms with Crippen molar-refractivity contribution in [2.24, 2.45) is 0 Å². The van der Waals surface area contributed by atoms with Crippen LogP contribution in [0.25, 0.3) is 22.3 Å². The monoisotopic (exact) mass is 455 g/mol. The van der Waals surface area contributed by atoms with Crippen molar-refractivity contribution in [3.05, 3.63) is 72.6 Å². The number of methoxy groups -OCH3 is 2. The number of piperazine rings is 1. The number of carbonyl (C=O) groups excluding carboxylic acids is 1. The van der Waals surface area contributed by atoms with Crippen molar-refractivity contribution in [2.75, 3.05) is 45.3 Å². The molecule has 0 spiro atoms. The van der Waals surface area contributed by atoms with Crippen LogP contribution in [0, 0.1) is 0 Å². The van der Waals surface area contributed by atoms with E-state index in [0.717, 1.165) is 22.3 Å². The first-order valence-corrected chi connectivity index (χ1v) is 11.1. The van der Waals surface area contributed by atoms with Crippen LogP contribution in [-0.2, 0) is 0 Å². The average Bonchev–Trinajstić information content (AvgIpc) is 2.92. The topological polar surface area (TPSA) is 80.7 Å². The molecule has 0 bridgehead atoms. The zero-order chi connectivity index (χ0) is 23.5. The van der Waals surface area contributed by atoms with Crippen molar-refractivity contribution in [3.8, 4) is 22.9 Å². The second-order valence-corrected chi connectivity index (χ2v) is 7.98. The van der Waals surface area contributed by atoms with Crippen LogP contribution in [0.1, 0.15) is 10.4 Å². The van der Waals surface area contributed by atoms with E-state index in [4.69, 9.17) is 19.4 Å². The lowest BCUT2D eigenvalue weighted by molar-refractivity contribution is 0.0746. The average molecular weight is 456 g/mol. The summed E-state index contributed by atoms with van der Waals surface area (Å²) in [6, 6.07) is 17.3. The summed E-state index contributed by atoms with van der Waals surface area (Å²) < 4.78 is 11.1. The maximum absolute atomic E-state index is 12.9. The van der Waals surface area contributed by atoms with Crippen molar-refractivity contribution in [3.63, 3.8) is 0 Å². The molecule has 172 valence electrons. The Kier molecular flexibility index (Phi) is 5.95. The number of benzene rings is 2. The summed E-state index contributed by atoms with van der Waals surface area (Å²) >= 11 is 0. The van der Waals surface area contributed by atoms with Crippen LogP contribution in [0.5, 0.6) is 11.5 Å². The normalized spacial score (nSPS) is 13.7. The lowest BCUT2D eigenvalue weighted by Crippen LogP contribution is -2.49. The van der Waals surface area contributed by atoms with Gasteiger partial charge in [0, 0.05) is 55.6 Å². The molecule has 8 heteroatoms. The van der Waals surface area contributed by atoms with Gasteiger partial charge in [0.2, 0.25) is 0 Å². The van der Waals surface area contributed by atoms with Crippen molar-refractivity contribution in [2.45, 2.75) is 0 Å². The molecule has 1 saturated heterocycles. The van der Waals surface area contributed by atoms with Gasteiger partial charge in [-0.2, -0.15) is 0 Å². The third-order valence-electron chi connectivity index (χ3n) is 5.99. The SMILES string of the molecule is COc1cc2nc(-c3ccccc3)nc(N3CCN(C(=O)c4cccnc4)CC3)c2cc1OC. The van der Waals surface area contributed by atoms with Crippen LogP contribution in [0.4, 0.5) is 5.82 Å². The van der Waals surface area contributed by atoms with E-state index in [2.05, 4.69) is 9.88 Å². The minimum atomic E-state index is -0.00308. The van der Waals surface area contributed by atoms with Gasteiger partial charge in [-0.15, -0.1) is 0 Å². The van der Waals surface area contributed by atoms with E-state index in [1.54, 1.807) is 38.7 Å². The highest BCUT2D eigenvalue weighted by molar-refractivity contribution is 5.95. The van der Waals surface area contributed by atoms with E-state index in [1.165, 1.54) is 0 Å². The molecular formula is C26H25N5O3. The number of nitrogens with zero attached hydrogens (tertiary/aromatic N) is 5. The van der Waals surface area contributed by atoms with Crippen LogP contribution in [0.15, 0.2) is 67.0 Å². The number of hydrogen-bond donors (Lipinski definition) is 0. The van der Waals surface area contributed by atoms with E-state index < -0.39 is 0 Å². The molecule has 0 aliphatic carbocycles. The van der Waals surface area contributed by atoms with E-state index in [-0.39, 0.29) is 5.91 Å². The standard InChI is InChI=1S/C26H25N5O3/c1-33-22-15-20-21(16-23(22)34-2)28-24(18-7-4-3-5-8-18)29-25(20)30-11-13-31(14-12-30)26(32)19-9-6-10-27-17-19/h3-10,15-17H,11-14H2,1-2H3. The highest BCUT2D eigenvalue weighted by atomic mass is 16.5. The van der Waals surface area contributed by atoms with Gasteiger partial charge in [-0.05, 0) is 18.2 Å². The molecule has 0 unspecified atom stereocenters. The molecule has 0 atom stereocenters. The molecule has 2 aromatic heterocycles. The Morgan fingerprint density at radius 1 is 0.882 bits per heavy atom. The molecule has 3 heterocycles. The van der Waals surface area contributed by atoms with Gasteiger partial charge in [-0.25, -0.2) is 9.97 Å². The van der Waals surface area contributed by atoms with Crippen LogP contribution in [0.3, 0.4) is 0 Å². The summed E-state index contributed by atoms with van der Waals surface area (Å²) in [4.78, 5) is 30.8. The first kappa shape index (κ1) is 21.6. The van der Waals surface area contributed by atoms with Gasteiger partial charge >= 0.3 is 0 Å². The van der Waals surface area contributed by atoms with Crippen LogP contribution >= 0.6 is 0 Å². The van der Waals surface area contributed by atoms with Crippen molar-refractivity contribution < 1.29 is 14.3 Å². The molecule has 1 aliphatic rings. The van der Waals surface area contributed by atoms with Gasteiger partial charge < -0.3 is 19.3 Å². The van der Waals surface area contributed by atoms with E-state index in [0.29, 0.717) is 49.1 Å². The Hall–Kier alpha value is -4.20. The fraction of sp³-hybridized carbons (Fsp3) is 0.231. The number of anilines is 1. The number of hydrogen-bond acceptors (Lipinski definition) is 7. The maximum atomic E-state index is 12.9. The molecule has 0 radical (unpaired) electrons. The second kappa shape index (κ2) is 9.35. The smallest absolute Gasteiger partial charge is 0.255 e. The molecule has 8 nitrogen and oxygen atoms in total. The Labute approximate surface area is 197 Å². The minimum Gasteiger partial charge on any atom is -0.493 e. The molecule has 1 fully saturated rings. The molecule has 4 aromatic rings. The Morgan fingerprint density at radius 3 is 2.29 bits per heavy atom. The highest BCUT2D eigenvalue weighted by Crippen LogP contribution is 2.36. The molecule has 1 aliphatic heterocycles. The third-order valence-corrected chi connectivity index (χ3v) is 5.99. The molecule has 0 N–H and O–H groups in total. The Morgan fingerprint density at radius 2 is 1.62 bits per heavy atom. The summed E-state index contributed by atoms with van der Waals surface area (Å²) in [6.07, 6.45) is 3.28. The van der Waals surface area contributed by atoms with Gasteiger partial charge in [0.25, 0.3) is 5.91 Å². The lowest BCUT2D eigenvalue weighted by atomic mass is 10.1. The molecule has 5 rings (SSSR count). The molecule has 2 aromatic carbocycles. The van der Waals surface area contributed by atoms with Crippen LogP contribution < -0.4 is 14.4 Å². The van der Waals surface area contributed by atoms with E-state index in [9.17, 15) is 4.79 Å². The largest absolute Gasteiger partial charge is 0.493 e. The van der Waals surface area contributed by atoms with Gasteiger partial charge in [0.1, 0.15) is 5.82 Å². The number of pyridine rings is 1. The predicted molar refractivity (Wildman–Crippen MR) is 130 cm³/mol. The fourth-order valence-electron chi connectivity index (χ4n) is 4.19. The Balaban J connectivity index is 1.51. The summed E-state index contributed by atoms with van der Waals surface area (Å²) in [5.74, 6) is 2.70. The Bertz CT molecular complexity index is 1310. The molecule has 0 saturated carbocycles. The molecule has 34 heavy (non-hydrogen) atoms. The number of rotatable bonds is 5. The van der Waals surface area contributed by atoms with Gasteiger partial charge in [-0.1, -0.05) is 30.3 Å². The number of carbonyl (C=O) groups is 1. The molecule has 1 amide bonds. The summed E-state index contributed by atoms with van der Waals surface area (Å²) in [6.45, 7) is 2.49. The second-order valence-electron chi connectivity index (χ2n) is 7.98. The maximum Gasteiger partial charge on any atom is 0.255 e. The summed E-state index contributed by atoms with van der Waals surface area (Å²) in [7, 11) is 3.23. The third kappa shape index (κ3) is 4.10. The van der Waals surface area contributed by atoms with Crippen molar-refractivity contribution in [1.29, 1.82) is 0 Å². The number of amides is 1. The summed E-state index contributed by atoms with van der Waals surface area (Å²) in [5.41, 5.74) is 2.31. The van der Waals surface area contributed by atoms with E-state index >= 15 is 0 Å². The predicted octanol–water partition coefficient (Wildman–Crippen LogP) is 3.67. The number of fused-ring (bicyclic) bond motifs is 1. The zero-order valence-electron chi connectivity index (χ0n) is 19.1. The first-order chi connectivity index (χ1) is 16.7. The summed E-state index contributed by atoms with van der Waals surface area (Å²) in [5, 5.41) is 0.879. The van der Waals surface area contributed by atoms with Gasteiger partial charge in [0.05, 0.1) is 25.3 Å². The van der Waals surface area contributed by atoms with Crippen LogP contribution in [-0.4, -0.2) is 66.2 Å². The van der Waals surface area contributed by atoms with Gasteiger partial charge in [0.15, 0.2) is 17.3 Å².